The number of nitrogens with two attached hydrogens (primary N) is 1. The second kappa shape index (κ2) is 7.07. The third-order valence-electron chi connectivity index (χ3n) is 5.62. The number of pyridine rings is 1. The molecule has 0 radical (unpaired) electrons. The number of hydrogen-bond acceptors (Lipinski definition) is 4. The van der Waals surface area contributed by atoms with Gasteiger partial charge in [0, 0.05) is 44.4 Å². The van der Waals surface area contributed by atoms with Gasteiger partial charge in [-0.1, -0.05) is 0 Å². The number of aromatic nitrogens is 1. The van der Waals surface area contributed by atoms with Crippen molar-refractivity contribution < 1.29 is 9.90 Å². The fourth-order valence-electron chi connectivity index (χ4n) is 3.90. The first-order chi connectivity index (χ1) is 11.5. The van der Waals surface area contributed by atoms with Crippen molar-refractivity contribution in [2.24, 2.45) is 18.7 Å². The van der Waals surface area contributed by atoms with Crippen LogP contribution in [0.4, 0.5) is 0 Å². The summed E-state index contributed by atoms with van der Waals surface area (Å²) in [6.45, 7) is 1.44. The number of carbonyl (C=O) groups excluding carboxylic acids is 1. The Morgan fingerprint density at radius 2 is 1.96 bits per heavy atom. The van der Waals surface area contributed by atoms with Crippen LogP contribution >= 0.6 is 0 Å². The second-order valence-electron chi connectivity index (χ2n) is 7.25. The van der Waals surface area contributed by atoms with Crippen LogP contribution in [0.25, 0.3) is 0 Å². The van der Waals surface area contributed by atoms with Gasteiger partial charge in [-0.15, -0.1) is 0 Å². The molecule has 3 N–H and O–H groups in total. The summed E-state index contributed by atoms with van der Waals surface area (Å²) >= 11 is 0. The second-order valence-corrected chi connectivity index (χ2v) is 7.25. The van der Waals surface area contributed by atoms with Crippen LogP contribution < -0.4 is 11.3 Å². The lowest BCUT2D eigenvalue weighted by Crippen LogP contribution is -2.47. The largest absolute Gasteiger partial charge is 0.391 e. The van der Waals surface area contributed by atoms with E-state index in [2.05, 4.69) is 0 Å². The fourth-order valence-corrected chi connectivity index (χ4v) is 3.90. The molecular formula is C18H27N3O3. The summed E-state index contributed by atoms with van der Waals surface area (Å²) in [6.07, 6.45) is 4.97. The van der Waals surface area contributed by atoms with E-state index in [1.807, 2.05) is 17.2 Å². The Labute approximate surface area is 142 Å². The quantitative estimate of drug-likeness (QED) is 0.829. The van der Waals surface area contributed by atoms with E-state index in [9.17, 15) is 14.7 Å². The lowest BCUT2D eigenvalue weighted by Gasteiger charge is -2.37. The van der Waals surface area contributed by atoms with Crippen LogP contribution in [0.2, 0.25) is 0 Å². The third kappa shape index (κ3) is 3.54. The van der Waals surface area contributed by atoms with Crippen molar-refractivity contribution in [1.29, 1.82) is 0 Å². The third-order valence-corrected chi connectivity index (χ3v) is 5.62. The van der Waals surface area contributed by atoms with Gasteiger partial charge in [-0.05, 0) is 49.7 Å². The smallest absolute Gasteiger partial charge is 0.250 e. The van der Waals surface area contributed by atoms with Gasteiger partial charge in [0.1, 0.15) is 0 Å². The van der Waals surface area contributed by atoms with E-state index in [1.165, 1.54) is 0 Å². The zero-order valence-electron chi connectivity index (χ0n) is 14.2. The molecule has 0 aromatic carbocycles. The van der Waals surface area contributed by atoms with Gasteiger partial charge in [-0.3, -0.25) is 9.59 Å². The molecule has 0 bridgehead atoms. The predicted molar refractivity (Wildman–Crippen MR) is 91.6 cm³/mol. The van der Waals surface area contributed by atoms with E-state index < -0.39 is 6.10 Å². The normalized spacial score (nSPS) is 28.8. The molecule has 0 spiro atoms. The first kappa shape index (κ1) is 17.2. The molecule has 1 saturated heterocycles. The molecule has 1 aromatic heterocycles. The van der Waals surface area contributed by atoms with Gasteiger partial charge >= 0.3 is 0 Å². The van der Waals surface area contributed by atoms with Crippen LogP contribution in [-0.4, -0.2) is 45.7 Å². The summed E-state index contributed by atoms with van der Waals surface area (Å²) in [5.74, 6) is 0.400. The van der Waals surface area contributed by atoms with Crippen molar-refractivity contribution in [1.82, 2.24) is 9.47 Å². The van der Waals surface area contributed by atoms with Crippen LogP contribution in [0.15, 0.2) is 23.1 Å². The Hall–Kier alpha value is -1.66. The van der Waals surface area contributed by atoms with Gasteiger partial charge in [-0.25, -0.2) is 0 Å². The highest BCUT2D eigenvalue weighted by molar-refractivity contribution is 5.79. The lowest BCUT2D eigenvalue weighted by atomic mass is 9.82. The number of aliphatic hydroxyl groups is 1. The maximum atomic E-state index is 12.7. The standard InChI is InChI=1S/C18H27N3O3/c1-20-7-4-13(11-17(20)23)12-5-8-21(9-6-12)18(24)14-2-3-15(19)16(22)10-14/h4,7,11-12,14-16,22H,2-3,5-6,8-10,19H2,1H3/t14-,15+,16+/m0/s1. The average molecular weight is 333 g/mol. The van der Waals surface area contributed by atoms with E-state index in [4.69, 9.17) is 5.73 Å². The molecule has 24 heavy (non-hydrogen) atoms. The van der Waals surface area contributed by atoms with Crippen LogP contribution in [-0.2, 0) is 11.8 Å². The Bertz CT molecular complexity index is 649. The Balaban J connectivity index is 1.57. The SMILES string of the molecule is Cn1ccc(C2CCN(C(=O)[C@H]3CC[C@@H](N)[C@H](O)C3)CC2)cc1=O. The number of likely N-dealkylation sites (tertiary alicyclic amines) is 1. The summed E-state index contributed by atoms with van der Waals surface area (Å²) in [4.78, 5) is 26.4. The first-order valence-electron chi connectivity index (χ1n) is 8.84. The molecule has 1 saturated carbocycles. The summed E-state index contributed by atoms with van der Waals surface area (Å²) in [7, 11) is 1.75. The molecular weight excluding hydrogens is 306 g/mol. The van der Waals surface area contributed by atoms with E-state index in [-0.39, 0.29) is 23.4 Å². The van der Waals surface area contributed by atoms with E-state index in [0.29, 0.717) is 18.8 Å². The maximum absolute atomic E-state index is 12.7. The number of piperidine rings is 1. The molecule has 6 nitrogen and oxygen atoms in total. The van der Waals surface area contributed by atoms with E-state index in [1.54, 1.807) is 17.7 Å². The molecule has 1 aliphatic carbocycles. The van der Waals surface area contributed by atoms with E-state index in [0.717, 1.165) is 37.9 Å². The van der Waals surface area contributed by atoms with Crippen LogP contribution in [0.3, 0.4) is 0 Å². The minimum atomic E-state index is -0.564. The number of aliphatic hydroxyl groups excluding tert-OH is 1. The minimum absolute atomic E-state index is 0.0125. The number of rotatable bonds is 2. The summed E-state index contributed by atoms with van der Waals surface area (Å²) in [6, 6.07) is 3.52. The minimum Gasteiger partial charge on any atom is -0.391 e. The molecule has 132 valence electrons. The van der Waals surface area contributed by atoms with Crippen molar-refractivity contribution in [3.8, 4) is 0 Å². The van der Waals surface area contributed by atoms with Gasteiger partial charge in [-0.2, -0.15) is 0 Å². The van der Waals surface area contributed by atoms with Crippen LogP contribution in [0.1, 0.15) is 43.6 Å². The number of carbonyl (C=O) groups is 1. The van der Waals surface area contributed by atoms with Gasteiger partial charge < -0.3 is 20.3 Å². The zero-order valence-corrected chi connectivity index (χ0v) is 14.2. The number of nitrogens with zero attached hydrogens (tertiary/aromatic N) is 2. The highest BCUT2D eigenvalue weighted by atomic mass is 16.3. The van der Waals surface area contributed by atoms with Gasteiger partial charge in [0.15, 0.2) is 0 Å². The Morgan fingerprint density at radius 1 is 1.25 bits per heavy atom. The van der Waals surface area contributed by atoms with Gasteiger partial charge in [0.2, 0.25) is 5.91 Å². The predicted octanol–water partition coefficient (Wildman–Crippen LogP) is 0.580. The molecule has 1 amide bonds. The first-order valence-corrected chi connectivity index (χ1v) is 8.84. The number of amides is 1. The molecule has 2 heterocycles. The average Bonchev–Trinajstić information content (AvgIpc) is 2.59. The highest BCUT2D eigenvalue weighted by Gasteiger charge is 2.34. The highest BCUT2D eigenvalue weighted by Crippen LogP contribution is 2.30. The molecule has 3 rings (SSSR count). The molecule has 0 unspecified atom stereocenters. The van der Waals surface area contributed by atoms with Crippen LogP contribution in [0, 0.1) is 5.92 Å². The topological polar surface area (TPSA) is 88.6 Å². The number of hydrogen-bond donors (Lipinski definition) is 2. The Kier molecular flexibility index (Phi) is 5.06. The molecule has 2 aliphatic rings. The Morgan fingerprint density at radius 3 is 2.58 bits per heavy atom. The van der Waals surface area contributed by atoms with Crippen molar-refractivity contribution in [2.75, 3.05) is 13.1 Å². The molecule has 2 fully saturated rings. The van der Waals surface area contributed by atoms with E-state index >= 15 is 0 Å². The molecule has 6 heteroatoms. The summed E-state index contributed by atoms with van der Waals surface area (Å²) in [5, 5.41) is 9.91. The van der Waals surface area contributed by atoms with Crippen molar-refractivity contribution >= 4 is 5.91 Å². The molecule has 3 atom stereocenters. The molecule has 1 aliphatic heterocycles. The lowest BCUT2D eigenvalue weighted by molar-refractivity contribution is -0.139. The maximum Gasteiger partial charge on any atom is 0.250 e. The zero-order chi connectivity index (χ0) is 17.3. The van der Waals surface area contributed by atoms with Crippen molar-refractivity contribution in [3.63, 3.8) is 0 Å². The van der Waals surface area contributed by atoms with Gasteiger partial charge in [0.05, 0.1) is 6.10 Å². The van der Waals surface area contributed by atoms with Crippen molar-refractivity contribution in [3.05, 3.63) is 34.2 Å². The monoisotopic (exact) mass is 333 g/mol. The summed E-state index contributed by atoms with van der Waals surface area (Å²) in [5.41, 5.74) is 6.91. The number of aryl methyl sites for hydroxylation is 1. The fraction of sp³-hybridized carbons (Fsp3) is 0.667. The van der Waals surface area contributed by atoms with Crippen LogP contribution in [0.5, 0.6) is 0 Å². The summed E-state index contributed by atoms with van der Waals surface area (Å²) < 4.78 is 1.57. The molecule has 1 aromatic rings. The van der Waals surface area contributed by atoms with Crippen molar-refractivity contribution in [2.45, 2.75) is 50.2 Å². The van der Waals surface area contributed by atoms with Gasteiger partial charge in [0.25, 0.3) is 5.56 Å².